The van der Waals surface area contributed by atoms with Crippen LogP contribution in [-0.2, 0) is 20.3 Å². The number of nitrogens with zero attached hydrogens (tertiary/aromatic N) is 4. The van der Waals surface area contributed by atoms with Crippen LogP contribution >= 0.6 is 11.3 Å². The first-order chi connectivity index (χ1) is 26.2. The van der Waals surface area contributed by atoms with Crippen molar-refractivity contribution in [2.45, 2.75) is 73.1 Å². The first-order valence-electron chi connectivity index (χ1n) is 18.6. The van der Waals surface area contributed by atoms with Gasteiger partial charge in [0.25, 0.3) is 0 Å². The van der Waals surface area contributed by atoms with Gasteiger partial charge in [-0.3, -0.25) is 9.97 Å². The van der Waals surface area contributed by atoms with Crippen molar-refractivity contribution in [3.05, 3.63) is 131 Å². The van der Waals surface area contributed by atoms with Crippen LogP contribution in [-0.4, -0.2) is 40.1 Å². The molecule has 282 valence electrons. The van der Waals surface area contributed by atoms with Gasteiger partial charge in [-0.25, -0.2) is 14.6 Å². The van der Waals surface area contributed by atoms with Gasteiger partial charge in [-0.1, -0.05) is 65.8 Å². The van der Waals surface area contributed by atoms with Crippen LogP contribution in [0.25, 0.3) is 33.2 Å². The highest BCUT2D eigenvalue weighted by atomic mass is 32.1. The maximum Gasteiger partial charge on any atom is 0.338 e. The average molecular weight is 753 g/mol. The number of benzene rings is 2. The zero-order valence-corrected chi connectivity index (χ0v) is 33.9. The molecule has 0 N–H and O–H groups in total. The van der Waals surface area contributed by atoms with Gasteiger partial charge in [-0.05, 0) is 121 Å². The maximum absolute atomic E-state index is 13.1. The number of carbonyl (C=O) groups excluding carboxylic acids is 2. The Balaban J connectivity index is 1.42. The third-order valence-corrected chi connectivity index (χ3v) is 10.5. The number of hydrogen-bond acceptors (Lipinski definition) is 9. The van der Waals surface area contributed by atoms with E-state index >= 15 is 0 Å². The molecule has 0 fully saturated rings. The zero-order chi connectivity index (χ0) is 39.5. The minimum Gasteiger partial charge on any atom is -0.462 e. The number of thiophene rings is 1. The highest BCUT2D eigenvalue weighted by Crippen LogP contribution is 2.45. The number of pyridine rings is 3. The summed E-state index contributed by atoms with van der Waals surface area (Å²) in [5.41, 5.74) is 9.39. The second-order valence-corrected chi connectivity index (χ2v) is 16.5. The molecule has 0 amide bonds. The Morgan fingerprint density at radius 2 is 1.09 bits per heavy atom. The topological polar surface area (TPSA) is 94.5 Å². The number of esters is 2. The summed E-state index contributed by atoms with van der Waals surface area (Å²) in [5.74, 6) is -0.954. The standard InChI is InChI=1S/C46H48N4O4S/c1-10-53-43(51)31-21-23-48-38(26-31)40-28-32(44(52)54-11-2)27-39(49-40)37-25-30(20-22-47-37)41-24-29(3)42(55-41)50(35-16-12-33(13-17-35)45(4,5)6)36-18-14-34(15-19-36)46(7,8)9/h12-28H,10-11H2,1-9H3. The van der Waals surface area contributed by atoms with Crippen molar-refractivity contribution < 1.29 is 19.1 Å². The molecule has 0 saturated carbocycles. The summed E-state index contributed by atoms with van der Waals surface area (Å²) in [7, 11) is 0. The van der Waals surface area contributed by atoms with Crippen LogP contribution in [0.2, 0.25) is 0 Å². The fourth-order valence-electron chi connectivity index (χ4n) is 6.20. The molecule has 0 spiro atoms. The molecule has 0 aliphatic rings. The molecule has 0 aliphatic heterocycles. The molecule has 0 radical (unpaired) electrons. The lowest BCUT2D eigenvalue weighted by atomic mass is 9.87. The monoisotopic (exact) mass is 752 g/mol. The SMILES string of the molecule is CCOC(=O)c1ccnc(-c2cc(C(=O)OCC)cc(-c3cc(-c4cc(C)c(N(c5ccc(C(C)(C)C)cc5)c5ccc(C(C)(C)C)cc5)s4)ccn3)n2)c1. The van der Waals surface area contributed by atoms with Crippen LogP contribution in [0.3, 0.4) is 0 Å². The molecule has 0 unspecified atom stereocenters. The lowest BCUT2D eigenvalue weighted by Crippen LogP contribution is -2.14. The third kappa shape index (κ3) is 8.84. The molecular formula is C46H48N4O4S. The van der Waals surface area contributed by atoms with Crippen LogP contribution in [0.5, 0.6) is 0 Å². The van der Waals surface area contributed by atoms with Gasteiger partial charge in [0.1, 0.15) is 5.00 Å². The Bertz CT molecular complexity index is 2260. The Morgan fingerprint density at radius 3 is 1.60 bits per heavy atom. The van der Waals surface area contributed by atoms with E-state index in [9.17, 15) is 9.59 Å². The number of ether oxygens (including phenoxy) is 2. The van der Waals surface area contributed by atoms with Gasteiger partial charge >= 0.3 is 11.9 Å². The van der Waals surface area contributed by atoms with Gasteiger partial charge in [-0.2, -0.15) is 0 Å². The van der Waals surface area contributed by atoms with Crippen molar-refractivity contribution >= 4 is 39.7 Å². The number of anilines is 3. The zero-order valence-electron chi connectivity index (χ0n) is 33.1. The van der Waals surface area contributed by atoms with Crippen molar-refractivity contribution in [2.75, 3.05) is 18.1 Å². The Kier molecular flexibility index (Phi) is 11.3. The quantitative estimate of drug-likeness (QED) is 0.128. The van der Waals surface area contributed by atoms with E-state index in [0.29, 0.717) is 33.9 Å². The molecule has 8 nitrogen and oxygen atoms in total. The molecule has 0 bridgehead atoms. The molecule has 0 aliphatic carbocycles. The van der Waals surface area contributed by atoms with Crippen LogP contribution in [0.4, 0.5) is 16.4 Å². The molecule has 55 heavy (non-hydrogen) atoms. The summed E-state index contributed by atoms with van der Waals surface area (Å²) in [5, 5.41) is 1.11. The van der Waals surface area contributed by atoms with Crippen molar-refractivity contribution in [3.8, 4) is 33.2 Å². The number of aromatic nitrogens is 3. The molecule has 4 heterocycles. The number of aryl methyl sites for hydroxylation is 1. The summed E-state index contributed by atoms with van der Waals surface area (Å²) in [4.78, 5) is 43.0. The minimum atomic E-state index is -0.491. The van der Waals surface area contributed by atoms with E-state index < -0.39 is 11.9 Å². The number of hydrogen-bond donors (Lipinski definition) is 0. The van der Waals surface area contributed by atoms with Gasteiger partial charge in [0.15, 0.2) is 0 Å². The second kappa shape index (κ2) is 16.0. The molecule has 6 aromatic rings. The van der Waals surface area contributed by atoms with E-state index in [-0.39, 0.29) is 24.0 Å². The van der Waals surface area contributed by atoms with Crippen molar-refractivity contribution in [2.24, 2.45) is 0 Å². The first kappa shape index (κ1) is 39.0. The normalized spacial score (nSPS) is 11.7. The van der Waals surface area contributed by atoms with Gasteiger partial charge in [0.2, 0.25) is 0 Å². The Labute approximate surface area is 328 Å². The fraction of sp³-hybridized carbons (Fsp3) is 0.283. The molecule has 0 atom stereocenters. The second-order valence-electron chi connectivity index (χ2n) is 15.5. The lowest BCUT2D eigenvalue weighted by molar-refractivity contribution is 0.0516. The van der Waals surface area contributed by atoms with Gasteiger partial charge < -0.3 is 14.4 Å². The average Bonchev–Trinajstić information content (AvgIpc) is 3.55. The van der Waals surface area contributed by atoms with E-state index in [1.807, 2.05) is 12.1 Å². The predicted octanol–water partition coefficient (Wildman–Crippen LogP) is 11.7. The lowest BCUT2D eigenvalue weighted by Gasteiger charge is -2.27. The highest BCUT2D eigenvalue weighted by Gasteiger charge is 2.22. The van der Waals surface area contributed by atoms with E-state index in [1.54, 1.807) is 55.6 Å². The van der Waals surface area contributed by atoms with Gasteiger partial charge in [0.05, 0.1) is 47.1 Å². The minimum absolute atomic E-state index is 0.0391. The Hall–Kier alpha value is -5.67. The van der Waals surface area contributed by atoms with Crippen molar-refractivity contribution in [1.29, 1.82) is 0 Å². The maximum atomic E-state index is 13.1. The molecular weight excluding hydrogens is 705 g/mol. The van der Waals surface area contributed by atoms with E-state index in [2.05, 4.69) is 118 Å². The number of rotatable bonds is 10. The summed E-state index contributed by atoms with van der Waals surface area (Å²) in [6.07, 6.45) is 3.28. The van der Waals surface area contributed by atoms with Crippen LogP contribution < -0.4 is 4.90 Å². The van der Waals surface area contributed by atoms with E-state index in [0.717, 1.165) is 32.4 Å². The summed E-state index contributed by atoms with van der Waals surface area (Å²) >= 11 is 1.71. The molecule has 2 aromatic carbocycles. The first-order valence-corrected chi connectivity index (χ1v) is 19.4. The third-order valence-electron chi connectivity index (χ3n) is 9.25. The molecule has 6 rings (SSSR count). The highest BCUT2D eigenvalue weighted by molar-refractivity contribution is 7.19. The van der Waals surface area contributed by atoms with Crippen molar-refractivity contribution in [3.63, 3.8) is 0 Å². The molecule has 4 aromatic heterocycles. The predicted molar refractivity (Wildman–Crippen MR) is 223 cm³/mol. The Morgan fingerprint density at radius 1 is 0.618 bits per heavy atom. The van der Waals surface area contributed by atoms with Crippen LogP contribution in [0.15, 0.2) is 103 Å². The fourth-order valence-corrected chi connectivity index (χ4v) is 7.41. The summed E-state index contributed by atoms with van der Waals surface area (Å²) in [6.45, 7) is 19.5. The van der Waals surface area contributed by atoms with Crippen LogP contribution in [0.1, 0.15) is 92.8 Å². The molecule has 9 heteroatoms. The number of carbonyl (C=O) groups is 2. The largest absolute Gasteiger partial charge is 0.462 e. The van der Waals surface area contributed by atoms with Crippen molar-refractivity contribution in [1.82, 2.24) is 15.0 Å². The van der Waals surface area contributed by atoms with Gasteiger partial charge in [-0.15, -0.1) is 11.3 Å². The van der Waals surface area contributed by atoms with E-state index in [1.165, 1.54) is 17.3 Å². The smallest absolute Gasteiger partial charge is 0.338 e. The molecule has 0 saturated heterocycles. The summed E-state index contributed by atoms with van der Waals surface area (Å²) in [6, 6.07) is 30.4. The van der Waals surface area contributed by atoms with E-state index in [4.69, 9.17) is 14.5 Å². The van der Waals surface area contributed by atoms with Crippen LogP contribution in [0, 0.1) is 6.92 Å². The summed E-state index contributed by atoms with van der Waals surface area (Å²) < 4.78 is 10.6. The van der Waals surface area contributed by atoms with Gasteiger partial charge in [0, 0.05) is 28.6 Å².